The van der Waals surface area contributed by atoms with E-state index in [9.17, 15) is 19.5 Å². The predicted octanol–water partition coefficient (Wildman–Crippen LogP) is 2.39. The number of benzene rings is 1. The molecule has 1 spiro atoms. The van der Waals surface area contributed by atoms with E-state index in [-0.39, 0.29) is 34.4 Å². The van der Waals surface area contributed by atoms with Gasteiger partial charge in [-0.3, -0.25) is 14.4 Å². The lowest BCUT2D eigenvalue weighted by molar-refractivity contribution is -0.139. The van der Waals surface area contributed by atoms with Crippen LogP contribution in [-0.4, -0.2) is 68.3 Å². The molecule has 3 unspecified atom stereocenters. The molecule has 0 aromatic heterocycles. The molecule has 3 aliphatic rings. The van der Waals surface area contributed by atoms with E-state index in [0.29, 0.717) is 31.6 Å². The molecule has 3 fully saturated rings. The molecule has 32 heavy (non-hydrogen) atoms. The standard InChI is InChI=1S/C23H30BrN3O4S/c1-2-3-10-25-21(30)19-23-13-15(24)18(32-23)16(17(23)22(31)27(19)11-7-12-28)20(29)26-14-8-5-4-6-9-14/h4-6,8-9,15-19,28H,2-3,7,10-13H2,1H3,(H,25,30)(H,26,29)/t15?,16-,17-,18-,19?,23?/m0/s1. The molecule has 3 heterocycles. The van der Waals surface area contributed by atoms with E-state index in [0.717, 1.165) is 12.8 Å². The van der Waals surface area contributed by atoms with Crippen LogP contribution in [-0.2, 0) is 14.4 Å². The fourth-order valence-electron chi connectivity index (χ4n) is 5.44. The van der Waals surface area contributed by atoms with Gasteiger partial charge in [0.15, 0.2) is 0 Å². The Bertz CT molecular complexity index is 872. The molecule has 2 bridgehead atoms. The molecule has 3 amide bonds. The molecule has 1 aromatic carbocycles. The number of rotatable bonds is 9. The third-order valence-electron chi connectivity index (χ3n) is 6.77. The van der Waals surface area contributed by atoms with E-state index >= 15 is 0 Å². The number of alkyl halides is 1. The second-order valence-electron chi connectivity index (χ2n) is 8.77. The van der Waals surface area contributed by atoms with E-state index in [1.807, 2.05) is 30.3 Å². The number of para-hydroxylation sites is 1. The van der Waals surface area contributed by atoms with Crippen molar-refractivity contribution in [3.05, 3.63) is 30.3 Å². The van der Waals surface area contributed by atoms with Crippen LogP contribution in [0.5, 0.6) is 0 Å². The number of unbranched alkanes of at least 4 members (excludes halogenated alkanes) is 1. The number of hydrogen-bond donors (Lipinski definition) is 3. The van der Waals surface area contributed by atoms with Crippen molar-refractivity contribution in [2.24, 2.45) is 11.8 Å². The summed E-state index contributed by atoms with van der Waals surface area (Å²) in [7, 11) is 0. The molecule has 6 atom stereocenters. The summed E-state index contributed by atoms with van der Waals surface area (Å²) in [5, 5.41) is 15.3. The number of halogens is 1. The first-order valence-electron chi connectivity index (χ1n) is 11.3. The van der Waals surface area contributed by atoms with Crippen LogP contribution in [0.3, 0.4) is 0 Å². The maximum Gasteiger partial charge on any atom is 0.244 e. The topological polar surface area (TPSA) is 98.7 Å². The highest BCUT2D eigenvalue weighted by Crippen LogP contribution is 2.67. The van der Waals surface area contributed by atoms with Gasteiger partial charge in [0.2, 0.25) is 17.7 Å². The molecule has 0 aliphatic carbocycles. The molecule has 9 heteroatoms. The number of hydrogen-bond acceptors (Lipinski definition) is 5. The maximum atomic E-state index is 13.7. The van der Waals surface area contributed by atoms with Gasteiger partial charge in [-0.2, -0.15) is 0 Å². The summed E-state index contributed by atoms with van der Waals surface area (Å²) in [4.78, 5) is 42.1. The molecule has 1 aromatic rings. The number of anilines is 1. The van der Waals surface area contributed by atoms with Crippen molar-refractivity contribution in [3.8, 4) is 0 Å². The van der Waals surface area contributed by atoms with Crippen molar-refractivity contribution >= 4 is 51.1 Å². The lowest BCUT2D eigenvalue weighted by atomic mass is 9.70. The van der Waals surface area contributed by atoms with E-state index < -0.39 is 22.6 Å². The number of carbonyl (C=O) groups is 3. The third kappa shape index (κ3) is 3.96. The van der Waals surface area contributed by atoms with E-state index in [1.165, 1.54) is 0 Å². The number of aliphatic hydroxyl groups excluding tert-OH is 1. The number of amides is 3. The zero-order chi connectivity index (χ0) is 22.9. The van der Waals surface area contributed by atoms with Crippen molar-refractivity contribution < 1.29 is 19.5 Å². The lowest BCUT2D eigenvalue weighted by Gasteiger charge is -2.35. The number of likely N-dealkylation sites (tertiary alicyclic amines) is 1. The number of fused-ring (bicyclic) bond motifs is 1. The Labute approximate surface area is 201 Å². The van der Waals surface area contributed by atoms with Crippen LogP contribution in [0.4, 0.5) is 5.69 Å². The summed E-state index contributed by atoms with van der Waals surface area (Å²) in [6.45, 7) is 2.89. The molecule has 7 nitrogen and oxygen atoms in total. The number of nitrogens with zero attached hydrogens (tertiary/aromatic N) is 1. The smallest absolute Gasteiger partial charge is 0.244 e. The Hall–Kier alpha value is -1.58. The van der Waals surface area contributed by atoms with Crippen LogP contribution in [0.15, 0.2) is 30.3 Å². The summed E-state index contributed by atoms with van der Waals surface area (Å²) < 4.78 is -0.639. The SMILES string of the molecule is CCCCNC(=O)C1N(CCCO)C(=O)[C@@H]2[C@H](C(=O)Nc3ccccc3)[C@H]3SC12CC3Br. The van der Waals surface area contributed by atoms with Crippen LogP contribution in [0.2, 0.25) is 0 Å². The first-order valence-corrected chi connectivity index (χ1v) is 13.1. The van der Waals surface area contributed by atoms with Gasteiger partial charge in [-0.05, 0) is 31.4 Å². The van der Waals surface area contributed by atoms with Crippen molar-refractivity contribution in [3.63, 3.8) is 0 Å². The van der Waals surface area contributed by atoms with Gasteiger partial charge in [0.1, 0.15) is 6.04 Å². The average molecular weight is 524 g/mol. The van der Waals surface area contributed by atoms with E-state index in [1.54, 1.807) is 16.7 Å². The van der Waals surface area contributed by atoms with Crippen LogP contribution in [0, 0.1) is 11.8 Å². The highest BCUT2D eigenvalue weighted by atomic mass is 79.9. The van der Waals surface area contributed by atoms with E-state index in [4.69, 9.17) is 0 Å². The lowest BCUT2D eigenvalue weighted by Crippen LogP contribution is -2.54. The Morgan fingerprint density at radius 1 is 1.25 bits per heavy atom. The summed E-state index contributed by atoms with van der Waals surface area (Å²) in [5.74, 6) is -1.53. The zero-order valence-corrected chi connectivity index (χ0v) is 20.5. The van der Waals surface area contributed by atoms with Gasteiger partial charge in [0, 0.05) is 35.5 Å². The summed E-state index contributed by atoms with van der Waals surface area (Å²) >= 11 is 5.38. The minimum Gasteiger partial charge on any atom is -0.396 e. The monoisotopic (exact) mass is 523 g/mol. The average Bonchev–Trinajstić information content (AvgIpc) is 3.36. The van der Waals surface area contributed by atoms with Crippen LogP contribution < -0.4 is 10.6 Å². The number of thioether (sulfide) groups is 1. The Balaban J connectivity index is 1.65. The molecular formula is C23H30BrN3O4S. The molecule has 3 aliphatic heterocycles. The third-order valence-corrected chi connectivity index (χ3v) is 9.99. The van der Waals surface area contributed by atoms with Gasteiger partial charge < -0.3 is 20.6 Å². The van der Waals surface area contributed by atoms with Gasteiger partial charge >= 0.3 is 0 Å². The second-order valence-corrected chi connectivity index (χ2v) is 11.5. The van der Waals surface area contributed by atoms with Crippen LogP contribution in [0.1, 0.15) is 32.6 Å². The largest absolute Gasteiger partial charge is 0.396 e. The Morgan fingerprint density at radius 3 is 2.69 bits per heavy atom. The van der Waals surface area contributed by atoms with Gasteiger partial charge in [-0.1, -0.05) is 47.5 Å². The second kappa shape index (κ2) is 9.73. The first-order chi connectivity index (χ1) is 15.4. The number of aliphatic hydroxyl groups is 1. The van der Waals surface area contributed by atoms with Gasteiger partial charge in [-0.15, -0.1) is 11.8 Å². The van der Waals surface area contributed by atoms with Crippen LogP contribution in [0.25, 0.3) is 0 Å². The Kier molecular flexibility index (Phi) is 7.17. The fourth-order valence-corrected chi connectivity index (χ4v) is 9.06. The maximum absolute atomic E-state index is 13.7. The molecular weight excluding hydrogens is 494 g/mol. The highest BCUT2D eigenvalue weighted by Gasteiger charge is 2.75. The van der Waals surface area contributed by atoms with Crippen molar-refractivity contribution in [2.75, 3.05) is 25.0 Å². The molecule has 4 rings (SSSR count). The highest BCUT2D eigenvalue weighted by molar-refractivity contribution is 9.09. The summed E-state index contributed by atoms with van der Waals surface area (Å²) in [6, 6.07) is 8.62. The van der Waals surface area contributed by atoms with Crippen molar-refractivity contribution in [1.82, 2.24) is 10.2 Å². The minimum absolute atomic E-state index is 0.0480. The predicted molar refractivity (Wildman–Crippen MR) is 129 cm³/mol. The molecule has 3 saturated heterocycles. The molecule has 0 radical (unpaired) electrons. The molecule has 3 N–H and O–H groups in total. The zero-order valence-electron chi connectivity index (χ0n) is 18.1. The number of carbonyl (C=O) groups excluding carboxylic acids is 3. The molecule has 0 saturated carbocycles. The van der Waals surface area contributed by atoms with Gasteiger partial charge in [-0.25, -0.2) is 0 Å². The van der Waals surface area contributed by atoms with Crippen molar-refractivity contribution in [1.29, 1.82) is 0 Å². The Morgan fingerprint density at radius 2 is 2.00 bits per heavy atom. The van der Waals surface area contributed by atoms with Gasteiger partial charge in [0.05, 0.1) is 16.6 Å². The number of nitrogens with one attached hydrogen (secondary N) is 2. The van der Waals surface area contributed by atoms with Gasteiger partial charge in [0.25, 0.3) is 0 Å². The van der Waals surface area contributed by atoms with E-state index in [2.05, 4.69) is 33.5 Å². The molecule has 174 valence electrons. The summed E-state index contributed by atoms with van der Waals surface area (Å²) in [5.41, 5.74) is 0.696. The minimum atomic E-state index is -0.639. The summed E-state index contributed by atoms with van der Waals surface area (Å²) in [6.07, 6.45) is 2.90. The first kappa shape index (κ1) is 23.6. The van der Waals surface area contributed by atoms with Crippen molar-refractivity contribution in [2.45, 2.75) is 53.5 Å². The van der Waals surface area contributed by atoms with Crippen LogP contribution >= 0.6 is 27.7 Å². The normalized spacial score (nSPS) is 32.8. The fraction of sp³-hybridized carbons (Fsp3) is 0.609. The quantitative estimate of drug-likeness (QED) is 0.341.